The molecular weight excluding hydrogens is 409 g/mol. The highest BCUT2D eigenvalue weighted by Gasteiger charge is 2.29. The number of amides is 1. The minimum absolute atomic E-state index is 0.126. The summed E-state index contributed by atoms with van der Waals surface area (Å²) >= 11 is -0.126. The normalized spacial score (nSPS) is 12.0. The number of alkyl halides is 3. The van der Waals surface area contributed by atoms with Crippen LogP contribution in [0.4, 0.5) is 13.2 Å². The Morgan fingerprint density at radius 1 is 1.00 bits per heavy atom. The van der Waals surface area contributed by atoms with Gasteiger partial charge >= 0.3 is 5.51 Å². The molecule has 0 fully saturated rings. The Morgan fingerprint density at radius 3 is 2.33 bits per heavy atom. The van der Waals surface area contributed by atoms with E-state index in [1.807, 2.05) is 18.2 Å². The number of aromatic nitrogens is 1. The number of benzene rings is 3. The third kappa shape index (κ3) is 3.89. The van der Waals surface area contributed by atoms with Gasteiger partial charge in [-0.1, -0.05) is 37.3 Å². The smallest absolute Gasteiger partial charge is 0.366 e. The minimum Gasteiger partial charge on any atom is -0.366 e. The van der Waals surface area contributed by atoms with E-state index in [-0.39, 0.29) is 16.7 Å². The molecule has 1 amide bonds. The van der Waals surface area contributed by atoms with Crippen LogP contribution in [0.1, 0.15) is 28.4 Å². The lowest BCUT2D eigenvalue weighted by Crippen LogP contribution is -2.11. The van der Waals surface area contributed by atoms with Gasteiger partial charge in [-0.05, 0) is 59.6 Å². The van der Waals surface area contributed by atoms with Gasteiger partial charge in [0.05, 0.1) is 5.52 Å². The van der Waals surface area contributed by atoms with Crippen LogP contribution in [0.5, 0.6) is 0 Å². The molecule has 0 spiro atoms. The number of carbonyl (C=O) groups excluding carboxylic acids is 1. The standard InChI is InChI=1S/C23H19F3N2OS/c1-2-14-8-11-17-20(12-14)28(19-5-3-4-18(21(17)19)22(27)29)13-15-6-9-16(10-7-15)30-23(24,25)26/h3-12H,2,13H2,1H3,(H2,27,29). The molecular formula is C23H19F3N2OS. The molecule has 0 bridgehead atoms. The number of halogens is 3. The summed E-state index contributed by atoms with van der Waals surface area (Å²) in [5.41, 5.74) is 5.61. The van der Waals surface area contributed by atoms with Crippen LogP contribution in [0, 0.1) is 0 Å². The summed E-state index contributed by atoms with van der Waals surface area (Å²) < 4.78 is 39.9. The molecule has 3 nitrogen and oxygen atoms in total. The Labute approximate surface area is 175 Å². The first-order chi connectivity index (χ1) is 14.3. The number of carbonyl (C=O) groups is 1. The second kappa shape index (κ2) is 7.72. The van der Waals surface area contributed by atoms with E-state index >= 15 is 0 Å². The summed E-state index contributed by atoms with van der Waals surface area (Å²) in [6.45, 7) is 2.53. The van der Waals surface area contributed by atoms with E-state index in [1.165, 1.54) is 12.1 Å². The van der Waals surface area contributed by atoms with Gasteiger partial charge in [-0.2, -0.15) is 13.2 Å². The van der Waals surface area contributed by atoms with Crippen molar-refractivity contribution in [3.63, 3.8) is 0 Å². The van der Waals surface area contributed by atoms with Crippen molar-refractivity contribution in [3.8, 4) is 0 Å². The van der Waals surface area contributed by atoms with Crippen LogP contribution in [0.2, 0.25) is 0 Å². The lowest BCUT2D eigenvalue weighted by molar-refractivity contribution is -0.0328. The summed E-state index contributed by atoms with van der Waals surface area (Å²) in [5, 5.41) is 1.73. The lowest BCUT2D eigenvalue weighted by Gasteiger charge is -2.10. The van der Waals surface area contributed by atoms with Crippen molar-refractivity contribution in [3.05, 3.63) is 77.4 Å². The molecule has 0 radical (unpaired) electrons. The topological polar surface area (TPSA) is 48.0 Å². The maximum atomic E-state index is 12.6. The Balaban J connectivity index is 1.85. The number of fused-ring (bicyclic) bond motifs is 3. The summed E-state index contributed by atoms with van der Waals surface area (Å²) in [7, 11) is 0. The summed E-state index contributed by atoms with van der Waals surface area (Å²) in [6.07, 6.45) is 0.865. The number of primary amides is 1. The zero-order valence-electron chi connectivity index (χ0n) is 16.2. The van der Waals surface area contributed by atoms with Crippen LogP contribution < -0.4 is 5.73 Å². The van der Waals surface area contributed by atoms with Gasteiger partial charge in [0, 0.05) is 33.3 Å². The molecule has 0 saturated carbocycles. The third-order valence-corrected chi connectivity index (χ3v) is 5.87. The maximum absolute atomic E-state index is 12.6. The van der Waals surface area contributed by atoms with Crippen LogP contribution >= 0.6 is 11.8 Å². The summed E-state index contributed by atoms with van der Waals surface area (Å²) in [4.78, 5) is 12.2. The molecule has 0 aliphatic rings. The second-order valence-corrected chi connectivity index (χ2v) is 8.19. The van der Waals surface area contributed by atoms with Gasteiger partial charge in [0.1, 0.15) is 0 Å². The average molecular weight is 428 g/mol. The zero-order valence-corrected chi connectivity index (χ0v) is 17.0. The summed E-state index contributed by atoms with van der Waals surface area (Å²) in [6, 6.07) is 17.9. The van der Waals surface area contributed by atoms with Gasteiger partial charge in [-0.15, -0.1) is 0 Å². The van der Waals surface area contributed by atoms with Crippen LogP contribution in [0.15, 0.2) is 65.6 Å². The van der Waals surface area contributed by atoms with Crippen LogP contribution in [-0.2, 0) is 13.0 Å². The van der Waals surface area contributed by atoms with Crippen molar-refractivity contribution in [2.45, 2.75) is 30.3 Å². The molecule has 7 heteroatoms. The van der Waals surface area contributed by atoms with Crippen molar-refractivity contribution in [1.82, 2.24) is 4.57 Å². The number of rotatable bonds is 5. The average Bonchev–Trinajstić information content (AvgIpc) is 3.01. The van der Waals surface area contributed by atoms with Crippen LogP contribution in [0.3, 0.4) is 0 Å². The molecule has 2 N–H and O–H groups in total. The van der Waals surface area contributed by atoms with Crippen LogP contribution in [-0.4, -0.2) is 16.0 Å². The van der Waals surface area contributed by atoms with E-state index in [1.54, 1.807) is 24.3 Å². The van der Waals surface area contributed by atoms with Crippen LogP contribution in [0.25, 0.3) is 21.8 Å². The fourth-order valence-corrected chi connectivity index (χ4v) is 4.30. The molecule has 4 rings (SSSR count). The summed E-state index contributed by atoms with van der Waals surface area (Å²) in [5.74, 6) is -0.493. The molecule has 3 aromatic carbocycles. The van der Waals surface area contributed by atoms with Crippen molar-refractivity contribution < 1.29 is 18.0 Å². The van der Waals surface area contributed by atoms with Gasteiger partial charge in [0.15, 0.2) is 0 Å². The highest BCUT2D eigenvalue weighted by molar-refractivity contribution is 8.00. The second-order valence-electron chi connectivity index (χ2n) is 7.05. The maximum Gasteiger partial charge on any atom is 0.446 e. The Morgan fingerprint density at radius 2 is 1.70 bits per heavy atom. The number of nitrogens with two attached hydrogens (primary N) is 1. The van der Waals surface area contributed by atoms with E-state index in [9.17, 15) is 18.0 Å². The highest BCUT2D eigenvalue weighted by Crippen LogP contribution is 2.37. The Bertz CT molecular complexity index is 1240. The number of nitrogens with zero attached hydrogens (tertiary/aromatic N) is 1. The molecule has 154 valence electrons. The largest absolute Gasteiger partial charge is 0.446 e. The number of aryl methyl sites for hydroxylation is 1. The molecule has 1 heterocycles. The third-order valence-electron chi connectivity index (χ3n) is 5.13. The molecule has 30 heavy (non-hydrogen) atoms. The molecule has 0 aliphatic heterocycles. The monoisotopic (exact) mass is 428 g/mol. The minimum atomic E-state index is -4.31. The van der Waals surface area contributed by atoms with Crippen molar-refractivity contribution in [1.29, 1.82) is 0 Å². The van der Waals surface area contributed by atoms with Gasteiger partial charge in [-0.3, -0.25) is 4.79 Å². The number of hydrogen-bond acceptors (Lipinski definition) is 2. The molecule has 0 atom stereocenters. The van der Waals surface area contributed by atoms with E-state index in [0.717, 1.165) is 39.4 Å². The number of hydrogen-bond donors (Lipinski definition) is 1. The van der Waals surface area contributed by atoms with E-state index in [2.05, 4.69) is 17.6 Å². The van der Waals surface area contributed by atoms with Gasteiger partial charge in [0.25, 0.3) is 0 Å². The van der Waals surface area contributed by atoms with Gasteiger partial charge < -0.3 is 10.3 Å². The van der Waals surface area contributed by atoms with E-state index in [4.69, 9.17) is 5.73 Å². The van der Waals surface area contributed by atoms with Gasteiger partial charge in [-0.25, -0.2) is 0 Å². The first-order valence-electron chi connectivity index (χ1n) is 9.45. The fraction of sp³-hybridized carbons (Fsp3) is 0.174. The quantitative estimate of drug-likeness (QED) is 0.390. The van der Waals surface area contributed by atoms with E-state index in [0.29, 0.717) is 12.1 Å². The molecule has 0 unspecified atom stereocenters. The lowest BCUT2D eigenvalue weighted by atomic mass is 10.0. The fourth-order valence-electron chi connectivity index (χ4n) is 3.76. The first-order valence-corrected chi connectivity index (χ1v) is 10.3. The van der Waals surface area contributed by atoms with Gasteiger partial charge in [0.2, 0.25) is 5.91 Å². The zero-order chi connectivity index (χ0) is 21.5. The van der Waals surface area contributed by atoms with Crippen molar-refractivity contribution in [2.24, 2.45) is 5.73 Å². The molecule has 0 aliphatic carbocycles. The first kappa shape index (κ1) is 20.3. The number of thioether (sulfide) groups is 1. The Kier molecular flexibility index (Phi) is 5.24. The molecule has 4 aromatic rings. The highest BCUT2D eigenvalue weighted by atomic mass is 32.2. The molecule has 1 aromatic heterocycles. The predicted molar refractivity (Wildman–Crippen MR) is 115 cm³/mol. The Hall–Kier alpha value is -2.93. The predicted octanol–water partition coefficient (Wildman–Crippen LogP) is 6.12. The van der Waals surface area contributed by atoms with Crippen molar-refractivity contribution in [2.75, 3.05) is 0 Å². The SMILES string of the molecule is CCc1ccc2c3c(C(N)=O)cccc3n(Cc3ccc(SC(F)(F)F)cc3)c2c1. The van der Waals surface area contributed by atoms with Crippen molar-refractivity contribution >= 4 is 39.5 Å². The molecule has 0 saturated heterocycles. The van der Waals surface area contributed by atoms with E-state index < -0.39 is 11.4 Å².